The van der Waals surface area contributed by atoms with Crippen LogP contribution in [0.5, 0.6) is 0 Å². The Morgan fingerprint density at radius 3 is 2.62 bits per heavy atom. The van der Waals surface area contributed by atoms with Gasteiger partial charge >= 0.3 is 0 Å². The molecule has 0 unspecified atom stereocenters. The molecule has 3 nitrogen and oxygen atoms in total. The molecule has 0 aliphatic carbocycles. The fourth-order valence-corrected chi connectivity index (χ4v) is 2.18. The Hall–Kier alpha value is -1.42. The van der Waals surface area contributed by atoms with Crippen molar-refractivity contribution in [3.05, 3.63) is 35.6 Å². The molecular weight excluding hydrogens is 209 g/mol. The van der Waals surface area contributed by atoms with E-state index < -0.39 is 11.3 Å². The summed E-state index contributed by atoms with van der Waals surface area (Å²) in [6.45, 7) is 0.971. The van der Waals surface area contributed by atoms with Gasteiger partial charge in [-0.3, -0.25) is 4.79 Å². The fraction of sp³-hybridized carbons (Fsp3) is 0.417. The summed E-state index contributed by atoms with van der Waals surface area (Å²) in [4.78, 5) is 11.6. The van der Waals surface area contributed by atoms with Crippen molar-refractivity contribution in [2.75, 3.05) is 13.2 Å². The first-order valence-corrected chi connectivity index (χ1v) is 5.29. The minimum Gasteiger partial charge on any atom is -0.381 e. The largest absolute Gasteiger partial charge is 0.381 e. The van der Waals surface area contributed by atoms with Gasteiger partial charge in [0, 0.05) is 13.2 Å². The van der Waals surface area contributed by atoms with Gasteiger partial charge in [-0.05, 0) is 30.5 Å². The highest BCUT2D eigenvalue weighted by Crippen LogP contribution is 2.34. The van der Waals surface area contributed by atoms with Crippen molar-refractivity contribution in [2.45, 2.75) is 18.3 Å². The summed E-state index contributed by atoms with van der Waals surface area (Å²) in [7, 11) is 0. The smallest absolute Gasteiger partial charge is 0.228 e. The number of carbonyl (C=O) groups is 1. The summed E-state index contributed by atoms with van der Waals surface area (Å²) in [6.07, 6.45) is 1.04. The first kappa shape index (κ1) is 11.1. The number of carbonyl (C=O) groups excluding carboxylic acids is 1. The predicted molar refractivity (Wildman–Crippen MR) is 57.3 cm³/mol. The summed E-state index contributed by atoms with van der Waals surface area (Å²) in [6, 6.07) is 6.09. The average Bonchev–Trinajstić information content (AvgIpc) is 2.30. The lowest BCUT2D eigenvalue weighted by molar-refractivity contribution is -0.127. The van der Waals surface area contributed by atoms with Crippen molar-refractivity contribution in [1.82, 2.24) is 0 Å². The highest BCUT2D eigenvalue weighted by atomic mass is 19.1. The molecule has 1 aliphatic heterocycles. The summed E-state index contributed by atoms with van der Waals surface area (Å²) in [5, 5.41) is 0. The normalized spacial score (nSPS) is 19.3. The molecule has 0 aromatic heterocycles. The zero-order valence-electron chi connectivity index (χ0n) is 8.91. The van der Waals surface area contributed by atoms with Crippen molar-refractivity contribution in [3.8, 4) is 0 Å². The van der Waals surface area contributed by atoms with E-state index in [4.69, 9.17) is 10.5 Å². The molecule has 1 saturated heterocycles. The third-order valence-electron chi connectivity index (χ3n) is 3.20. The van der Waals surface area contributed by atoms with E-state index >= 15 is 0 Å². The molecule has 1 aromatic rings. The minimum absolute atomic E-state index is 0.343. The molecule has 1 aliphatic rings. The van der Waals surface area contributed by atoms with E-state index in [1.165, 1.54) is 12.1 Å². The van der Waals surface area contributed by atoms with E-state index in [-0.39, 0.29) is 5.82 Å². The van der Waals surface area contributed by atoms with Gasteiger partial charge in [0.25, 0.3) is 0 Å². The fourth-order valence-electron chi connectivity index (χ4n) is 2.18. The second-order valence-electron chi connectivity index (χ2n) is 4.07. The van der Waals surface area contributed by atoms with Crippen LogP contribution in [-0.4, -0.2) is 19.1 Å². The maximum absolute atomic E-state index is 13.2. The number of hydrogen-bond acceptors (Lipinski definition) is 2. The first-order valence-electron chi connectivity index (χ1n) is 5.29. The molecule has 4 heteroatoms. The Balaban J connectivity index is 2.42. The van der Waals surface area contributed by atoms with Crippen LogP contribution < -0.4 is 5.73 Å². The molecule has 0 saturated carbocycles. The van der Waals surface area contributed by atoms with Gasteiger partial charge in [0.2, 0.25) is 5.91 Å². The summed E-state index contributed by atoms with van der Waals surface area (Å²) in [5.74, 6) is -0.744. The van der Waals surface area contributed by atoms with Crippen LogP contribution in [0.25, 0.3) is 0 Å². The third kappa shape index (κ3) is 1.80. The lowest BCUT2D eigenvalue weighted by atomic mass is 9.73. The molecule has 0 atom stereocenters. The minimum atomic E-state index is -0.764. The first-order chi connectivity index (χ1) is 7.65. The van der Waals surface area contributed by atoms with Crippen LogP contribution in [0.3, 0.4) is 0 Å². The Labute approximate surface area is 93.4 Å². The van der Waals surface area contributed by atoms with E-state index in [0.717, 1.165) is 0 Å². The summed E-state index contributed by atoms with van der Waals surface area (Å²) in [5.41, 5.74) is 5.36. The van der Waals surface area contributed by atoms with Crippen LogP contribution in [0.2, 0.25) is 0 Å². The zero-order valence-corrected chi connectivity index (χ0v) is 8.91. The van der Waals surface area contributed by atoms with Crippen molar-refractivity contribution in [3.63, 3.8) is 0 Å². The number of primary amides is 1. The van der Waals surface area contributed by atoms with Crippen LogP contribution in [0.4, 0.5) is 4.39 Å². The van der Waals surface area contributed by atoms with E-state index in [2.05, 4.69) is 0 Å². The van der Waals surface area contributed by atoms with Crippen LogP contribution in [0.15, 0.2) is 24.3 Å². The molecule has 86 valence electrons. The Morgan fingerprint density at radius 2 is 2.06 bits per heavy atom. The third-order valence-corrected chi connectivity index (χ3v) is 3.20. The van der Waals surface area contributed by atoms with Crippen LogP contribution in [-0.2, 0) is 14.9 Å². The molecule has 1 fully saturated rings. The Bertz CT molecular complexity index is 400. The zero-order chi connectivity index (χ0) is 11.6. The van der Waals surface area contributed by atoms with E-state index in [0.29, 0.717) is 31.6 Å². The molecule has 2 N–H and O–H groups in total. The molecule has 1 aromatic carbocycles. The van der Waals surface area contributed by atoms with Crippen LogP contribution >= 0.6 is 0 Å². The average molecular weight is 223 g/mol. The Morgan fingerprint density at radius 1 is 1.38 bits per heavy atom. The number of ether oxygens (including phenoxy) is 1. The molecule has 16 heavy (non-hydrogen) atoms. The van der Waals surface area contributed by atoms with Gasteiger partial charge in [0.15, 0.2) is 0 Å². The number of hydrogen-bond donors (Lipinski definition) is 1. The Kier molecular flexibility index (Phi) is 2.92. The van der Waals surface area contributed by atoms with E-state index in [1.807, 2.05) is 0 Å². The monoisotopic (exact) mass is 223 g/mol. The number of benzene rings is 1. The van der Waals surface area contributed by atoms with Crippen molar-refractivity contribution in [1.29, 1.82) is 0 Å². The maximum Gasteiger partial charge on any atom is 0.228 e. The summed E-state index contributed by atoms with van der Waals surface area (Å²) >= 11 is 0. The molecular formula is C12H14FNO2. The standard InChI is InChI=1S/C12H14FNO2/c13-10-3-1-2-9(8-10)12(11(14)15)4-6-16-7-5-12/h1-3,8H,4-7H2,(H2,14,15). The topological polar surface area (TPSA) is 52.3 Å². The van der Waals surface area contributed by atoms with Gasteiger partial charge in [0.05, 0.1) is 5.41 Å². The number of rotatable bonds is 2. The summed E-state index contributed by atoms with van der Waals surface area (Å²) < 4.78 is 18.4. The molecule has 1 heterocycles. The molecule has 0 bridgehead atoms. The quantitative estimate of drug-likeness (QED) is 0.823. The number of amides is 1. The van der Waals surface area contributed by atoms with Crippen molar-refractivity contribution in [2.24, 2.45) is 5.73 Å². The van der Waals surface area contributed by atoms with Gasteiger partial charge in [-0.1, -0.05) is 12.1 Å². The molecule has 0 spiro atoms. The van der Waals surface area contributed by atoms with Crippen LogP contribution in [0, 0.1) is 5.82 Å². The molecule has 2 rings (SSSR count). The lowest BCUT2D eigenvalue weighted by Gasteiger charge is -2.34. The second-order valence-corrected chi connectivity index (χ2v) is 4.07. The van der Waals surface area contributed by atoms with Gasteiger partial charge in [-0.25, -0.2) is 4.39 Å². The number of halogens is 1. The van der Waals surface area contributed by atoms with Gasteiger partial charge < -0.3 is 10.5 Å². The van der Waals surface area contributed by atoms with E-state index in [1.54, 1.807) is 12.1 Å². The highest BCUT2D eigenvalue weighted by molar-refractivity contribution is 5.86. The van der Waals surface area contributed by atoms with Gasteiger partial charge in [-0.2, -0.15) is 0 Å². The molecule has 0 radical (unpaired) electrons. The van der Waals surface area contributed by atoms with Crippen molar-refractivity contribution < 1.29 is 13.9 Å². The SMILES string of the molecule is NC(=O)C1(c2cccc(F)c2)CCOCC1. The predicted octanol–water partition coefficient (Wildman–Crippen LogP) is 1.36. The number of nitrogens with two attached hydrogens (primary N) is 1. The van der Waals surface area contributed by atoms with Gasteiger partial charge in [0.1, 0.15) is 5.82 Å². The van der Waals surface area contributed by atoms with Gasteiger partial charge in [-0.15, -0.1) is 0 Å². The van der Waals surface area contributed by atoms with E-state index in [9.17, 15) is 9.18 Å². The van der Waals surface area contributed by atoms with Crippen molar-refractivity contribution >= 4 is 5.91 Å². The van der Waals surface area contributed by atoms with Crippen LogP contribution in [0.1, 0.15) is 18.4 Å². The maximum atomic E-state index is 13.2. The molecule has 1 amide bonds. The second kappa shape index (κ2) is 4.22. The lowest BCUT2D eigenvalue weighted by Crippen LogP contribution is -2.45. The highest BCUT2D eigenvalue weighted by Gasteiger charge is 2.40.